The number of hydrogen-bond donors (Lipinski definition) is 0. The fraction of sp³-hybridized carbons (Fsp3) is 1.00. The van der Waals surface area contributed by atoms with Crippen molar-refractivity contribution in [1.82, 2.24) is 0 Å². The van der Waals surface area contributed by atoms with Gasteiger partial charge in [0.2, 0.25) is 0 Å². The first-order chi connectivity index (χ1) is 5.25. The number of methoxy groups -OCH3 is 2. The quantitative estimate of drug-likeness (QED) is 0.620. The van der Waals surface area contributed by atoms with Crippen LogP contribution in [0.3, 0.4) is 0 Å². The van der Waals surface area contributed by atoms with Crippen LogP contribution in [0.4, 0.5) is 0 Å². The minimum atomic E-state index is 0.337. The molecule has 1 unspecified atom stereocenters. The van der Waals surface area contributed by atoms with Crippen molar-refractivity contribution in [1.29, 1.82) is 0 Å². The Morgan fingerprint density at radius 2 is 1.82 bits per heavy atom. The second-order valence-electron chi connectivity index (χ2n) is 3.67. The van der Waals surface area contributed by atoms with E-state index in [9.17, 15) is 0 Å². The van der Waals surface area contributed by atoms with Crippen LogP contribution in [0.1, 0.15) is 19.8 Å². The molecule has 2 nitrogen and oxygen atoms in total. The number of ether oxygens (including phenoxy) is 2. The van der Waals surface area contributed by atoms with Gasteiger partial charge in [-0.25, -0.2) is 0 Å². The summed E-state index contributed by atoms with van der Waals surface area (Å²) in [6.07, 6.45) is 2.59. The van der Waals surface area contributed by atoms with Crippen molar-refractivity contribution in [3.63, 3.8) is 0 Å². The summed E-state index contributed by atoms with van der Waals surface area (Å²) in [6, 6.07) is 0. The molecule has 0 N–H and O–H groups in total. The Bertz CT molecular complexity index is 117. The maximum Gasteiger partial charge on any atom is 0.0543 e. The van der Waals surface area contributed by atoms with E-state index in [0.29, 0.717) is 5.41 Å². The molecular formula is C9H18O2. The second-order valence-corrected chi connectivity index (χ2v) is 3.67. The van der Waals surface area contributed by atoms with Crippen LogP contribution in [-0.4, -0.2) is 27.4 Å². The minimum Gasteiger partial charge on any atom is -0.384 e. The standard InChI is InChI=1S/C9H18O2/c1-8-4-5-9(8,6-10-2)7-11-3/h8H,4-7H2,1-3H3. The van der Waals surface area contributed by atoms with E-state index in [0.717, 1.165) is 19.1 Å². The first kappa shape index (κ1) is 9.01. The molecule has 0 bridgehead atoms. The summed E-state index contributed by atoms with van der Waals surface area (Å²) in [7, 11) is 3.53. The van der Waals surface area contributed by atoms with Crippen LogP contribution in [0.2, 0.25) is 0 Å². The average Bonchev–Trinajstić information content (AvgIpc) is 2.01. The number of rotatable bonds is 4. The van der Waals surface area contributed by atoms with Gasteiger partial charge in [0.15, 0.2) is 0 Å². The van der Waals surface area contributed by atoms with E-state index in [1.54, 1.807) is 14.2 Å². The molecule has 0 spiro atoms. The van der Waals surface area contributed by atoms with Crippen molar-refractivity contribution in [2.75, 3.05) is 27.4 Å². The van der Waals surface area contributed by atoms with Crippen LogP contribution in [0.15, 0.2) is 0 Å². The Morgan fingerprint density at radius 3 is 2.00 bits per heavy atom. The largest absolute Gasteiger partial charge is 0.384 e. The summed E-state index contributed by atoms with van der Waals surface area (Å²) < 4.78 is 10.4. The molecule has 11 heavy (non-hydrogen) atoms. The maximum absolute atomic E-state index is 5.19. The lowest BCUT2D eigenvalue weighted by Crippen LogP contribution is -2.45. The summed E-state index contributed by atoms with van der Waals surface area (Å²) >= 11 is 0. The molecule has 1 aliphatic rings. The molecule has 1 fully saturated rings. The third kappa shape index (κ3) is 1.57. The van der Waals surface area contributed by atoms with E-state index in [2.05, 4.69) is 6.92 Å². The van der Waals surface area contributed by atoms with Gasteiger partial charge in [-0.05, 0) is 18.8 Å². The molecule has 1 atom stereocenters. The fourth-order valence-electron chi connectivity index (χ4n) is 1.89. The van der Waals surface area contributed by atoms with E-state index in [1.165, 1.54) is 12.8 Å². The van der Waals surface area contributed by atoms with Gasteiger partial charge in [-0.1, -0.05) is 6.92 Å². The third-order valence-corrected chi connectivity index (χ3v) is 2.98. The zero-order valence-corrected chi connectivity index (χ0v) is 7.72. The van der Waals surface area contributed by atoms with E-state index in [-0.39, 0.29) is 0 Å². The lowest BCUT2D eigenvalue weighted by molar-refractivity contribution is -0.0834. The molecule has 1 aliphatic carbocycles. The lowest BCUT2D eigenvalue weighted by atomic mass is 9.62. The SMILES string of the molecule is COCC1(COC)CCC1C. The van der Waals surface area contributed by atoms with E-state index < -0.39 is 0 Å². The Hall–Kier alpha value is -0.0800. The van der Waals surface area contributed by atoms with Gasteiger partial charge in [0.05, 0.1) is 13.2 Å². The lowest BCUT2D eigenvalue weighted by Gasteiger charge is -2.47. The molecular weight excluding hydrogens is 140 g/mol. The van der Waals surface area contributed by atoms with Crippen molar-refractivity contribution in [2.24, 2.45) is 11.3 Å². The fourth-order valence-corrected chi connectivity index (χ4v) is 1.89. The van der Waals surface area contributed by atoms with Crippen molar-refractivity contribution in [3.05, 3.63) is 0 Å². The molecule has 1 saturated carbocycles. The van der Waals surface area contributed by atoms with Gasteiger partial charge in [-0.3, -0.25) is 0 Å². The minimum absolute atomic E-state index is 0.337. The average molecular weight is 158 g/mol. The summed E-state index contributed by atoms with van der Waals surface area (Å²) in [6.45, 7) is 3.98. The summed E-state index contributed by atoms with van der Waals surface area (Å²) in [5, 5.41) is 0. The van der Waals surface area contributed by atoms with E-state index >= 15 is 0 Å². The molecule has 1 rings (SSSR count). The monoisotopic (exact) mass is 158 g/mol. The third-order valence-electron chi connectivity index (χ3n) is 2.98. The first-order valence-electron chi connectivity index (χ1n) is 4.23. The highest BCUT2D eigenvalue weighted by atomic mass is 16.5. The first-order valence-corrected chi connectivity index (χ1v) is 4.23. The van der Waals surface area contributed by atoms with Crippen LogP contribution in [0.5, 0.6) is 0 Å². The van der Waals surface area contributed by atoms with Crippen LogP contribution >= 0.6 is 0 Å². The summed E-state index contributed by atoms with van der Waals surface area (Å²) in [5.41, 5.74) is 0.337. The zero-order chi connectivity index (χ0) is 8.32. The van der Waals surface area contributed by atoms with Gasteiger partial charge in [-0.2, -0.15) is 0 Å². The highest BCUT2D eigenvalue weighted by Gasteiger charge is 2.43. The Kier molecular flexibility index (Phi) is 2.90. The molecule has 0 saturated heterocycles. The second kappa shape index (κ2) is 3.55. The van der Waals surface area contributed by atoms with Crippen LogP contribution in [0, 0.1) is 11.3 Å². The van der Waals surface area contributed by atoms with Gasteiger partial charge in [0, 0.05) is 19.6 Å². The smallest absolute Gasteiger partial charge is 0.0543 e. The summed E-state index contributed by atoms with van der Waals surface area (Å²) in [4.78, 5) is 0. The van der Waals surface area contributed by atoms with Crippen LogP contribution in [-0.2, 0) is 9.47 Å². The van der Waals surface area contributed by atoms with Crippen molar-refractivity contribution >= 4 is 0 Å². The van der Waals surface area contributed by atoms with E-state index in [1.807, 2.05) is 0 Å². The zero-order valence-electron chi connectivity index (χ0n) is 7.72. The van der Waals surface area contributed by atoms with Crippen molar-refractivity contribution < 1.29 is 9.47 Å². The molecule has 0 aromatic carbocycles. The Morgan fingerprint density at radius 1 is 1.27 bits per heavy atom. The predicted octanol–water partition coefficient (Wildman–Crippen LogP) is 1.70. The van der Waals surface area contributed by atoms with Gasteiger partial charge < -0.3 is 9.47 Å². The van der Waals surface area contributed by atoms with Crippen LogP contribution in [0.25, 0.3) is 0 Å². The van der Waals surface area contributed by atoms with Gasteiger partial charge >= 0.3 is 0 Å². The van der Waals surface area contributed by atoms with Gasteiger partial charge in [0.1, 0.15) is 0 Å². The molecule has 0 aromatic heterocycles. The van der Waals surface area contributed by atoms with Crippen molar-refractivity contribution in [3.8, 4) is 0 Å². The highest BCUT2D eigenvalue weighted by Crippen LogP contribution is 2.46. The molecule has 0 radical (unpaired) electrons. The summed E-state index contributed by atoms with van der Waals surface area (Å²) in [5.74, 6) is 0.766. The van der Waals surface area contributed by atoms with Crippen LogP contribution < -0.4 is 0 Å². The maximum atomic E-state index is 5.19. The molecule has 66 valence electrons. The Labute approximate surface area is 68.9 Å². The van der Waals surface area contributed by atoms with Gasteiger partial charge in [-0.15, -0.1) is 0 Å². The number of hydrogen-bond acceptors (Lipinski definition) is 2. The van der Waals surface area contributed by atoms with Gasteiger partial charge in [0.25, 0.3) is 0 Å². The molecule has 0 aliphatic heterocycles. The topological polar surface area (TPSA) is 18.5 Å². The molecule has 0 aromatic rings. The van der Waals surface area contributed by atoms with E-state index in [4.69, 9.17) is 9.47 Å². The highest BCUT2D eigenvalue weighted by molar-refractivity contribution is 4.93. The molecule has 0 heterocycles. The Balaban J connectivity index is 2.42. The molecule has 2 heteroatoms. The predicted molar refractivity (Wildman–Crippen MR) is 44.6 cm³/mol. The molecule has 0 amide bonds. The normalized spacial score (nSPS) is 28.1. The van der Waals surface area contributed by atoms with Crippen molar-refractivity contribution in [2.45, 2.75) is 19.8 Å².